The van der Waals surface area contributed by atoms with Gasteiger partial charge in [0.15, 0.2) is 0 Å². The predicted octanol–water partition coefficient (Wildman–Crippen LogP) is 1.12. The molecule has 2 aliphatic rings. The first-order chi connectivity index (χ1) is 9.61. The van der Waals surface area contributed by atoms with E-state index in [4.69, 9.17) is 5.11 Å². The molecule has 1 aliphatic heterocycles. The highest BCUT2D eigenvalue weighted by molar-refractivity contribution is 5.82. The molecule has 1 heterocycles. The van der Waals surface area contributed by atoms with Gasteiger partial charge >= 0.3 is 12.0 Å². The Kier molecular flexibility index (Phi) is 5.23. The lowest BCUT2D eigenvalue weighted by Gasteiger charge is -2.38. The second kappa shape index (κ2) is 6.92. The van der Waals surface area contributed by atoms with E-state index in [-0.39, 0.29) is 6.03 Å². The first-order valence-electron chi connectivity index (χ1n) is 7.64. The second-order valence-corrected chi connectivity index (χ2v) is 5.71. The number of hydrogen-bond acceptors (Lipinski definition) is 3. The molecular weight excluding hydrogens is 258 g/mol. The summed E-state index contributed by atoms with van der Waals surface area (Å²) in [7, 11) is 0. The maximum absolute atomic E-state index is 12.0. The van der Waals surface area contributed by atoms with Gasteiger partial charge in [-0.1, -0.05) is 19.8 Å². The lowest BCUT2D eigenvalue weighted by atomic mass is 10.2. The first-order valence-corrected chi connectivity index (χ1v) is 7.64. The Morgan fingerprint density at radius 2 is 1.80 bits per heavy atom. The van der Waals surface area contributed by atoms with Gasteiger partial charge in [0.25, 0.3) is 0 Å². The van der Waals surface area contributed by atoms with E-state index in [2.05, 4.69) is 10.2 Å². The van der Waals surface area contributed by atoms with E-state index < -0.39 is 12.0 Å². The molecule has 1 saturated carbocycles. The number of carboxylic acid groups (broad SMARTS) is 1. The van der Waals surface area contributed by atoms with Gasteiger partial charge in [-0.3, -0.25) is 4.90 Å². The van der Waals surface area contributed by atoms with Crippen molar-refractivity contribution in [2.45, 2.75) is 51.1 Å². The van der Waals surface area contributed by atoms with Crippen LogP contribution in [-0.2, 0) is 4.79 Å². The maximum Gasteiger partial charge on any atom is 0.326 e. The summed E-state index contributed by atoms with van der Waals surface area (Å²) in [6, 6.07) is -0.330. The highest BCUT2D eigenvalue weighted by Gasteiger charge is 2.29. The first kappa shape index (κ1) is 15.1. The fourth-order valence-electron chi connectivity index (χ4n) is 3.14. The van der Waals surface area contributed by atoms with E-state index in [1.165, 1.54) is 25.7 Å². The van der Waals surface area contributed by atoms with Crippen molar-refractivity contribution in [1.29, 1.82) is 0 Å². The zero-order chi connectivity index (χ0) is 14.5. The van der Waals surface area contributed by atoms with Crippen molar-refractivity contribution in [3.63, 3.8) is 0 Å². The highest BCUT2D eigenvalue weighted by atomic mass is 16.4. The molecule has 0 aromatic rings. The molecule has 2 fully saturated rings. The summed E-state index contributed by atoms with van der Waals surface area (Å²) in [4.78, 5) is 27.2. The van der Waals surface area contributed by atoms with Crippen LogP contribution in [0, 0.1) is 0 Å². The van der Waals surface area contributed by atoms with Gasteiger partial charge in [0.2, 0.25) is 0 Å². The van der Waals surface area contributed by atoms with Crippen LogP contribution in [0.1, 0.15) is 39.0 Å². The summed E-state index contributed by atoms with van der Waals surface area (Å²) in [5, 5.41) is 11.6. The van der Waals surface area contributed by atoms with E-state index in [0.717, 1.165) is 13.1 Å². The predicted molar refractivity (Wildman–Crippen MR) is 75.6 cm³/mol. The van der Waals surface area contributed by atoms with E-state index in [0.29, 0.717) is 25.6 Å². The van der Waals surface area contributed by atoms with Crippen LogP contribution in [0.25, 0.3) is 0 Å². The molecule has 0 aromatic carbocycles. The Bertz CT molecular complexity index is 348. The van der Waals surface area contributed by atoms with Crippen molar-refractivity contribution < 1.29 is 14.7 Å². The summed E-state index contributed by atoms with van der Waals surface area (Å²) < 4.78 is 0. The number of aliphatic carboxylic acids is 1. The van der Waals surface area contributed by atoms with Crippen molar-refractivity contribution in [3.05, 3.63) is 0 Å². The Morgan fingerprint density at radius 1 is 1.20 bits per heavy atom. The van der Waals surface area contributed by atoms with Gasteiger partial charge in [0.05, 0.1) is 0 Å². The smallest absolute Gasteiger partial charge is 0.326 e. The third kappa shape index (κ3) is 3.62. The molecule has 2 amide bonds. The molecule has 0 spiro atoms. The largest absolute Gasteiger partial charge is 0.480 e. The fourth-order valence-corrected chi connectivity index (χ4v) is 3.14. The normalized spacial score (nSPS) is 22.8. The average molecular weight is 283 g/mol. The summed E-state index contributed by atoms with van der Waals surface area (Å²) in [5.74, 6) is -0.967. The molecule has 0 radical (unpaired) electrons. The molecule has 1 atom stereocenters. The molecule has 2 N–H and O–H groups in total. The molecular formula is C14H25N3O3. The van der Waals surface area contributed by atoms with Crippen LogP contribution in [0.3, 0.4) is 0 Å². The maximum atomic E-state index is 12.0. The number of nitrogens with one attached hydrogen (secondary N) is 1. The third-order valence-corrected chi connectivity index (χ3v) is 4.45. The quantitative estimate of drug-likeness (QED) is 0.811. The number of piperazine rings is 1. The number of urea groups is 1. The number of carbonyl (C=O) groups excluding carboxylic acids is 1. The molecule has 1 saturated heterocycles. The van der Waals surface area contributed by atoms with Gasteiger partial charge in [-0.2, -0.15) is 0 Å². The van der Waals surface area contributed by atoms with E-state index in [1.807, 2.05) is 0 Å². The Morgan fingerprint density at radius 3 is 2.30 bits per heavy atom. The Labute approximate surface area is 120 Å². The standard InChI is InChI=1S/C14H25N3O3/c1-2-12(13(18)19)15-14(20)17-9-7-16(8-10-17)11-5-3-4-6-11/h11-12H,2-10H2,1H3,(H,15,20)(H,18,19)/t12-/m1/s1. The van der Waals surface area contributed by atoms with E-state index in [9.17, 15) is 9.59 Å². The van der Waals surface area contributed by atoms with Crippen molar-refractivity contribution in [2.75, 3.05) is 26.2 Å². The molecule has 114 valence electrons. The fraction of sp³-hybridized carbons (Fsp3) is 0.857. The minimum absolute atomic E-state index is 0.245. The van der Waals surface area contributed by atoms with Gasteiger partial charge in [-0.05, 0) is 19.3 Å². The molecule has 6 nitrogen and oxygen atoms in total. The summed E-state index contributed by atoms with van der Waals surface area (Å²) in [5.41, 5.74) is 0. The van der Waals surface area contributed by atoms with Crippen LogP contribution in [0.2, 0.25) is 0 Å². The topological polar surface area (TPSA) is 72.9 Å². The monoisotopic (exact) mass is 283 g/mol. The number of amides is 2. The van der Waals surface area contributed by atoms with Gasteiger partial charge in [-0.25, -0.2) is 9.59 Å². The summed E-state index contributed by atoms with van der Waals surface area (Å²) in [6.45, 7) is 4.96. The van der Waals surface area contributed by atoms with Crippen LogP contribution in [0.4, 0.5) is 4.79 Å². The Hall–Kier alpha value is -1.30. The molecule has 2 rings (SSSR count). The van der Waals surface area contributed by atoms with Crippen molar-refractivity contribution in [2.24, 2.45) is 0 Å². The molecule has 20 heavy (non-hydrogen) atoms. The number of carbonyl (C=O) groups is 2. The molecule has 0 unspecified atom stereocenters. The van der Waals surface area contributed by atoms with Crippen LogP contribution < -0.4 is 5.32 Å². The Balaban J connectivity index is 1.77. The lowest BCUT2D eigenvalue weighted by Crippen LogP contribution is -2.55. The molecule has 6 heteroatoms. The second-order valence-electron chi connectivity index (χ2n) is 5.71. The zero-order valence-corrected chi connectivity index (χ0v) is 12.2. The number of hydrogen-bond donors (Lipinski definition) is 2. The summed E-state index contributed by atoms with van der Waals surface area (Å²) in [6.07, 6.45) is 5.61. The van der Waals surface area contributed by atoms with Crippen molar-refractivity contribution in [3.8, 4) is 0 Å². The molecule has 0 bridgehead atoms. The number of carboxylic acids is 1. The molecule has 0 aromatic heterocycles. The van der Waals surface area contributed by atoms with Gasteiger partial charge in [0.1, 0.15) is 6.04 Å². The van der Waals surface area contributed by atoms with Gasteiger partial charge in [0, 0.05) is 32.2 Å². The minimum Gasteiger partial charge on any atom is -0.480 e. The van der Waals surface area contributed by atoms with E-state index in [1.54, 1.807) is 11.8 Å². The van der Waals surface area contributed by atoms with Crippen LogP contribution in [0.5, 0.6) is 0 Å². The van der Waals surface area contributed by atoms with Gasteiger partial charge in [-0.15, -0.1) is 0 Å². The third-order valence-electron chi connectivity index (χ3n) is 4.45. The average Bonchev–Trinajstić information content (AvgIpc) is 2.98. The zero-order valence-electron chi connectivity index (χ0n) is 12.2. The van der Waals surface area contributed by atoms with Crippen molar-refractivity contribution >= 4 is 12.0 Å². The molecule has 1 aliphatic carbocycles. The van der Waals surface area contributed by atoms with Gasteiger partial charge < -0.3 is 15.3 Å². The van der Waals surface area contributed by atoms with E-state index >= 15 is 0 Å². The van der Waals surface area contributed by atoms with Crippen LogP contribution in [0.15, 0.2) is 0 Å². The highest BCUT2D eigenvalue weighted by Crippen LogP contribution is 2.24. The summed E-state index contributed by atoms with van der Waals surface area (Å²) >= 11 is 0. The van der Waals surface area contributed by atoms with Crippen LogP contribution >= 0.6 is 0 Å². The van der Waals surface area contributed by atoms with Crippen molar-refractivity contribution in [1.82, 2.24) is 15.1 Å². The number of rotatable bonds is 4. The lowest BCUT2D eigenvalue weighted by molar-refractivity contribution is -0.139. The SMILES string of the molecule is CC[C@@H](NC(=O)N1CCN(C2CCCC2)CC1)C(=O)O. The van der Waals surface area contributed by atoms with Crippen LogP contribution in [-0.4, -0.2) is 65.2 Å². The number of nitrogens with zero attached hydrogens (tertiary/aromatic N) is 2. The minimum atomic E-state index is -0.967.